The van der Waals surface area contributed by atoms with Crippen molar-refractivity contribution in [1.29, 1.82) is 0 Å². The smallest absolute Gasteiger partial charge is 0.490 e. The van der Waals surface area contributed by atoms with Crippen molar-refractivity contribution < 1.29 is 50.1 Å². The van der Waals surface area contributed by atoms with Gasteiger partial charge in [-0.25, -0.2) is 0 Å². The van der Waals surface area contributed by atoms with E-state index in [0.29, 0.717) is 37.8 Å². The molecular weight excluding hydrogens is 520 g/mol. The van der Waals surface area contributed by atoms with Crippen molar-refractivity contribution in [2.75, 3.05) is 6.54 Å². The zero-order chi connectivity index (χ0) is 27.9. The Morgan fingerprint density at radius 1 is 0.947 bits per heavy atom. The van der Waals surface area contributed by atoms with Gasteiger partial charge in [0.2, 0.25) is 0 Å². The molecule has 6 nitrogen and oxygen atoms in total. The molecule has 1 fully saturated rings. The summed E-state index contributed by atoms with van der Waals surface area (Å²) in [4.78, 5) is 25.1. The second-order valence-corrected chi connectivity index (χ2v) is 9.00. The highest BCUT2D eigenvalue weighted by Gasteiger charge is 2.33. The Balaban J connectivity index is 1.60. The van der Waals surface area contributed by atoms with Gasteiger partial charge in [-0.3, -0.25) is 9.59 Å². The van der Waals surface area contributed by atoms with Crippen molar-refractivity contribution in [2.24, 2.45) is 5.92 Å². The number of alkyl halides is 6. The van der Waals surface area contributed by atoms with Crippen molar-refractivity contribution in [3.63, 3.8) is 0 Å². The molecule has 38 heavy (non-hydrogen) atoms. The van der Waals surface area contributed by atoms with Crippen LogP contribution in [-0.2, 0) is 11.2 Å². The lowest BCUT2D eigenvalue weighted by molar-refractivity contribution is -0.275. The largest absolute Gasteiger partial charge is 0.573 e. The molecule has 2 aromatic rings. The van der Waals surface area contributed by atoms with Crippen molar-refractivity contribution in [3.05, 3.63) is 53.6 Å². The van der Waals surface area contributed by atoms with Crippen LogP contribution in [0.5, 0.6) is 17.2 Å². The van der Waals surface area contributed by atoms with Crippen molar-refractivity contribution >= 4 is 11.7 Å². The van der Waals surface area contributed by atoms with Crippen LogP contribution < -0.4 is 19.5 Å². The second kappa shape index (κ2) is 12.4. The monoisotopic (exact) mass is 547 g/mol. The van der Waals surface area contributed by atoms with Crippen molar-refractivity contribution in [1.82, 2.24) is 5.32 Å². The summed E-state index contributed by atoms with van der Waals surface area (Å²) in [5.74, 6) is -1.66. The molecule has 1 aliphatic rings. The minimum Gasteiger partial charge on any atom is -0.490 e. The molecule has 208 valence electrons. The van der Waals surface area contributed by atoms with Gasteiger partial charge in [-0.2, -0.15) is 0 Å². The van der Waals surface area contributed by atoms with E-state index in [1.54, 1.807) is 6.07 Å². The van der Waals surface area contributed by atoms with E-state index in [1.807, 2.05) is 6.92 Å². The van der Waals surface area contributed by atoms with E-state index in [9.17, 15) is 35.9 Å². The number of ketones is 1. The van der Waals surface area contributed by atoms with Gasteiger partial charge in [-0.05, 0) is 67.5 Å². The normalized spacial score (nSPS) is 17.7. The Morgan fingerprint density at radius 2 is 1.63 bits per heavy atom. The topological polar surface area (TPSA) is 73.9 Å². The number of hydrogen-bond acceptors (Lipinski definition) is 5. The number of benzene rings is 2. The third-order valence-corrected chi connectivity index (χ3v) is 5.80. The van der Waals surface area contributed by atoms with E-state index in [1.165, 1.54) is 18.2 Å². The molecule has 1 saturated carbocycles. The van der Waals surface area contributed by atoms with E-state index >= 15 is 0 Å². The first-order chi connectivity index (χ1) is 17.8. The fourth-order valence-corrected chi connectivity index (χ4v) is 4.30. The summed E-state index contributed by atoms with van der Waals surface area (Å²) in [5, 5.41) is 2.61. The van der Waals surface area contributed by atoms with Gasteiger partial charge in [0.1, 0.15) is 23.0 Å². The summed E-state index contributed by atoms with van der Waals surface area (Å²) >= 11 is 0. The summed E-state index contributed by atoms with van der Waals surface area (Å²) in [6.07, 6.45) is -7.70. The standard InChI is InChI=1S/C26H27F6NO5/c1-2-10-33-24(35)22-15-21(38-26(30,31)32)8-9-23(22)36-19-7-6-17(13-19)12-18(34)11-16-4-3-5-20(14-16)37-25(27,28)29/h3-5,8-9,14-15,17,19H,2,6-7,10-13H2,1H3,(H,33,35). The molecule has 0 aliphatic heterocycles. The molecule has 2 aromatic carbocycles. The number of carbonyl (C=O) groups excluding carboxylic acids is 2. The van der Waals surface area contributed by atoms with E-state index < -0.39 is 30.1 Å². The number of carbonyl (C=O) groups is 2. The first-order valence-corrected chi connectivity index (χ1v) is 12.0. The summed E-state index contributed by atoms with van der Waals surface area (Å²) in [6.45, 7) is 2.15. The van der Waals surface area contributed by atoms with Gasteiger partial charge in [0.05, 0.1) is 11.7 Å². The lowest BCUT2D eigenvalue weighted by atomic mass is 9.97. The van der Waals surface area contributed by atoms with Crippen LogP contribution in [0.3, 0.4) is 0 Å². The maximum absolute atomic E-state index is 12.6. The zero-order valence-corrected chi connectivity index (χ0v) is 20.5. The van der Waals surface area contributed by atoms with E-state index in [2.05, 4.69) is 14.8 Å². The zero-order valence-electron chi connectivity index (χ0n) is 20.5. The van der Waals surface area contributed by atoms with Gasteiger partial charge in [0.15, 0.2) is 0 Å². The van der Waals surface area contributed by atoms with Gasteiger partial charge in [-0.15, -0.1) is 26.3 Å². The Kier molecular flexibility index (Phi) is 9.50. The van der Waals surface area contributed by atoms with Crippen LogP contribution in [-0.4, -0.2) is 37.1 Å². The molecule has 3 rings (SSSR count). The number of rotatable bonds is 11. The fourth-order valence-electron chi connectivity index (χ4n) is 4.30. The summed E-state index contributed by atoms with van der Waals surface area (Å²) in [7, 11) is 0. The first kappa shape index (κ1) is 29.1. The van der Waals surface area contributed by atoms with E-state index in [-0.39, 0.29) is 42.0 Å². The van der Waals surface area contributed by atoms with Crippen LogP contribution in [0.25, 0.3) is 0 Å². The SMILES string of the molecule is CCCNC(=O)c1cc(OC(F)(F)F)ccc1OC1CCC(CC(=O)Cc2cccc(OC(F)(F)F)c2)C1. The number of halogens is 6. The summed E-state index contributed by atoms with van der Waals surface area (Å²) in [6, 6.07) is 8.52. The molecule has 0 radical (unpaired) electrons. The van der Waals surface area contributed by atoms with Gasteiger partial charge < -0.3 is 19.5 Å². The Hall–Kier alpha value is -3.44. The van der Waals surface area contributed by atoms with Crippen LogP contribution in [0.4, 0.5) is 26.3 Å². The van der Waals surface area contributed by atoms with E-state index in [4.69, 9.17) is 4.74 Å². The number of ether oxygens (including phenoxy) is 3. The van der Waals surface area contributed by atoms with Crippen LogP contribution in [0.2, 0.25) is 0 Å². The summed E-state index contributed by atoms with van der Waals surface area (Å²) in [5.41, 5.74) is 0.298. The van der Waals surface area contributed by atoms with Gasteiger partial charge >= 0.3 is 12.7 Å². The van der Waals surface area contributed by atoms with Crippen molar-refractivity contribution in [2.45, 2.75) is 64.3 Å². The molecule has 2 unspecified atom stereocenters. The molecule has 12 heteroatoms. The first-order valence-electron chi connectivity index (χ1n) is 12.0. The molecule has 0 bridgehead atoms. The number of amides is 1. The maximum Gasteiger partial charge on any atom is 0.573 e. The van der Waals surface area contributed by atoms with Gasteiger partial charge in [0.25, 0.3) is 5.91 Å². The third kappa shape index (κ3) is 9.46. The highest BCUT2D eigenvalue weighted by Crippen LogP contribution is 2.35. The Bertz CT molecular complexity index is 1120. The number of nitrogens with one attached hydrogen (secondary N) is 1. The predicted octanol–water partition coefficient (Wildman–Crippen LogP) is 6.37. The van der Waals surface area contributed by atoms with Gasteiger partial charge in [0, 0.05) is 19.4 Å². The van der Waals surface area contributed by atoms with Crippen LogP contribution >= 0.6 is 0 Å². The number of hydrogen-bond donors (Lipinski definition) is 1. The minimum absolute atomic E-state index is 0.0488. The third-order valence-electron chi connectivity index (χ3n) is 5.80. The maximum atomic E-state index is 12.6. The predicted molar refractivity (Wildman–Crippen MR) is 124 cm³/mol. The minimum atomic E-state index is -4.92. The van der Waals surface area contributed by atoms with Crippen molar-refractivity contribution in [3.8, 4) is 17.2 Å². The molecule has 0 spiro atoms. The molecular formula is C26H27F6NO5. The lowest BCUT2D eigenvalue weighted by Gasteiger charge is -2.18. The second-order valence-electron chi connectivity index (χ2n) is 9.00. The molecule has 1 amide bonds. The molecule has 1 aliphatic carbocycles. The average molecular weight is 547 g/mol. The molecule has 0 saturated heterocycles. The van der Waals surface area contributed by atoms with Crippen LogP contribution in [0.1, 0.15) is 54.9 Å². The number of Topliss-reactive ketones (excluding diaryl/α,β-unsaturated/α-hetero) is 1. The Labute approximate surface area is 215 Å². The highest BCUT2D eigenvalue weighted by molar-refractivity contribution is 5.97. The molecule has 0 aromatic heterocycles. The van der Waals surface area contributed by atoms with Gasteiger partial charge in [-0.1, -0.05) is 19.1 Å². The average Bonchev–Trinajstić information content (AvgIpc) is 3.23. The quantitative estimate of drug-likeness (QED) is 0.331. The fraction of sp³-hybridized carbons (Fsp3) is 0.462. The summed E-state index contributed by atoms with van der Waals surface area (Å²) < 4.78 is 89.0. The highest BCUT2D eigenvalue weighted by atomic mass is 19.4. The Morgan fingerprint density at radius 3 is 2.29 bits per heavy atom. The molecule has 1 N–H and O–H groups in total. The molecule has 0 heterocycles. The molecule has 2 atom stereocenters. The van der Waals surface area contributed by atoms with E-state index in [0.717, 1.165) is 18.2 Å². The van der Waals surface area contributed by atoms with Crippen LogP contribution in [0, 0.1) is 5.92 Å². The van der Waals surface area contributed by atoms with Crippen LogP contribution in [0.15, 0.2) is 42.5 Å². The lowest BCUT2D eigenvalue weighted by Crippen LogP contribution is -2.26.